The molecule has 11 nitrogen and oxygen atoms in total. The summed E-state index contributed by atoms with van der Waals surface area (Å²) in [5.74, 6) is -3.07. The van der Waals surface area contributed by atoms with Gasteiger partial charge in [0, 0.05) is 51.0 Å². The fourth-order valence-corrected chi connectivity index (χ4v) is 5.50. The standard InChI is InChI=1S/C18H21F2N7O.C7H8O3S/c1-25-8-11(7-22-25)23-17-21-5-4-15(24-17)26-9-12-2-3-13(10-26)27(12)16(28)14-6-18(14,19)20;1-6-2-4-7(5-3-6)11(8,9)10/h4-5,7-8,12-14H,2-3,6,9-10H2,1H3,(H,21,23,24);2-5H,1H3,(H,8,9,10)/t12-,13-,14+;/m1./s1. The minimum atomic E-state index is -4.02. The number of hydrogen-bond donors (Lipinski definition) is 2. The average molecular weight is 562 g/mol. The number of alkyl halides is 2. The molecule has 0 unspecified atom stereocenters. The van der Waals surface area contributed by atoms with Gasteiger partial charge in [0.2, 0.25) is 11.9 Å². The van der Waals surface area contributed by atoms with Crippen molar-refractivity contribution < 1.29 is 26.5 Å². The van der Waals surface area contributed by atoms with Gasteiger partial charge in [-0.05, 0) is 38.0 Å². The van der Waals surface area contributed by atoms with Gasteiger partial charge in [-0.25, -0.2) is 13.8 Å². The van der Waals surface area contributed by atoms with Gasteiger partial charge in [0.25, 0.3) is 16.0 Å². The predicted molar refractivity (Wildman–Crippen MR) is 138 cm³/mol. The van der Waals surface area contributed by atoms with Crippen LogP contribution in [-0.4, -0.2) is 74.6 Å². The quantitative estimate of drug-likeness (QED) is 0.451. The third-order valence-corrected chi connectivity index (χ3v) is 7.97. The number of hydrogen-bond acceptors (Lipinski definition) is 8. The SMILES string of the molecule is Cc1ccc(S(=O)(=O)O)cc1.Cn1cc(Nc2nccc(N3C[C@H]4CC[C@H](C3)N4C(=O)[C@@H]3CC3(F)F)n2)cn1. The van der Waals surface area contributed by atoms with Crippen molar-refractivity contribution in [1.82, 2.24) is 24.6 Å². The van der Waals surface area contributed by atoms with Gasteiger partial charge in [-0.1, -0.05) is 17.7 Å². The first-order chi connectivity index (χ1) is 18.4. The molecule has 2 bridgehead atoms. The molecule has 0 spiro atoms. The highest BCUT2D eigenvalue weighted by atomic mass is 32.2. The number of anilines is 3. The monoisotopic (exact) mass is 561 g/mol. The summed E-state index contributed by atoms with van der Waals surface area (Å²) < 4.78 is 57.9. The van der Waals surface area contributed by atoms with Crippen LogP contribution in [0.3, 0.4) is 0 Å². The van der Waals surface area contributed by atoms with Crippen molar-refractivity contribution in [3.8, 4) is 0 Å². The normalized spacial score (nSPS) is 23.2. The van der Waals surface area contributed by atoms with Gasteiger partial charge < -0.3 is 15.1 Å². The van der Waals surface area contributed by atoms with Crippen molar-refractivity contribution in [2.45, 2.75) is 49.1 Å². The molecule has 6 rings (SSSR count). The van der Waals surface area contributed by atoms with Crippen LogP contribution in [0.1, 0.15) is 24.8 Å². The van der Waals surface area contributed by atoms with Crippen molar-refractivity contribution in [2.75, 3.05) is 23.3 Å². The van der Waals surface area contributed by atoms with Gasteiger partial charge in [-0.2, -0.15) is 18.5 Å². The van der Waals surface area contributed by atoms with Crippen LogP contribution in [0.2, 0.25) is 0 Å². The molecule has 3 fully saturated rings. The molecule has 208 valence electrons. The van der Waals surface area contributed by atoms with Crippen LogP contribution in [0.15, 0.2) is 53.8 Å². The van der Waals surface area contributed by atoms with Gasteiger partial charge in [0.05, 0.1) is 16.8 Å². The molecular weight excluding hydrogens is 532 g/mol. The molecule has 4 heterocycles. The maximum atomic E-state index is 13.4. The second kappa shape index (κ2) is 10.2. The lowest BCUT2D eigenvalue weighted by atomic mass is 10.1. The summed E-state index contributed by atoms with van der Waals surface area (Å²) in [5.41, 5.74) is 1.75. The minimum absolute atomic E-state index is 0.0349. The zero-order chi connectivity index (χ0) is 27.9. The molecule has 1 aliphatic carbocycles. The Bertz CT molecular complexity index is 1450. The molecule has 2 N–H and O–H groups in total. The first kappa shape index (κ1) is 26.9. The molecule has 3 aromatic rings. The summed E-state index contributed by atoms with van der Waals surface area (Å²) in [5, 5.41) is 7.23. The summed E-state index contributed by atoms with van der Waals surface area (Å²) in [4.78, 5) is 25.1. The van der Waals surface area contributed by atoms with Crippen molar-refractivity contribution in [1.29, 1.82) is 0 Å². The van der Waals surface area contributed by atoms with Crippen LogP contribution in [0.25, 0.3) is 0 Å². The number of aryl methyl sites for hydroxylation is 2. The fraction of sp³-hybridized carbons (Fsp3) is 0.440. The molecule has 2 aliphatic heterocycles. The molecular formula is C25H29F2N7O4S. The van der Waals surface area contributed by atoms with E-state index in [1.807, 2.05) is 26.2 Å². The molecule has 2 aromatic heterocycles. The zero-order valence-electron chi connectivity index (χ0n) is 21.4. The Morgan fingerprint density at radius 2 is 1.77 bits per heavy atom. The van der Waals surface area contributed by atoms with Gasteiger partial charge in [-0.3, -0.25) is 14.0 Å². The van der Waals surface area contributed by atoms with E-state index in [4.69, 9.17) is 4.55 Å². The summed E-state index contributed by atoms with van der Waals surface area (Å²) in [7, 11) is -2.19. The Balaban J connectivity index is 0.000000237. The fourth-order valence-electron chi connectivity index (χ4n) is 5.02. The number of carbonyl (C=O) groups is 1. The van der Waals surface area contributed by atoms with Crippen LogP contribution in [0.5, 0.6) is 0 Å². The Labute approximate surface area is 224 Å². The molecule has 14 heteroatoms. The van der Waals surface area contributed by atoms with Crippen LogP contribution in [0.4, 0.5) is 26.2 Å². The number of nitrogens with zero attached hydrogens (tertiary/aromatic N) is 6. The van der Waals surface area contributed by atoms with Crippen molar-refractivity contribution in [3.05, 3.63) is 54.5 Å². The second-order valence-electron chi connectivity index (χ2n) is 10.1. The Morgan fingerprint density at radius 1 is 1.13 bits per heavy atom. The van der Waals surface area contributed by atoms with Crippen LogP contribution < -0.4 is 10.2 Å². The second-order valence-corrected chi connectivity index (χ2v) is 11.5. The number of fused-ring (bicyclic) bond motifs is 2. The summed E-state index contributed by atoms with van der Waals surface area (Å²) in [6.07, 6.45) is 6.59. The largest absolute Gasteiger partial charge is 0.352 e. The Kier molecular flexibility index (Phi) is 7.01. The van der Waals surface area contributed by atoms with E-state index in [1.165, 1.54) is 12.1 Å². The van der Waals surface area contributed by atoms with Crippen LogP contribution in [0, 0.1) is 12.8 Å². The van der Waals surface area contributed by atoms with Gasteiger partial charge >= 0.3 is 0 Å². The molecule has 1 saturated carbocycles. The van der Waals surface area contributed by atoms with Crippen molar-refractivity contribution in [2.24, 2.45) is 13.0 Å². The van der Waals surface area contributed by atoms with Gasteiger partial charge in [0.1, 0.15) is 11.7 Å². The topological polar surface area (TPSA) is 134 Å². The van der Waals surface area contributed by atoms with Crippen LogP contribution >= 0.6 is 0 Å². The highest BCUT2D eigenvalue weighted by Crippen LogP contribution is 2.51. The minimum Gasteiger partial charge on any atom is -0.352 e. The van der Waals surface area contributed by atoms with E-state index in [0.717, 1.165) is 29.9 Å². The molecule has 3 atom stereocenters. The molecule has 3 aliphatic rings. The van der Waals surface area contributed by atoms with E-state index < -0.39 is 22.0 Å². The Hall–Kier alpha value is -3.65. The third-order valence-electron chi connectivity index (χ3n) is 7.11. The zero-order valence-corrected chi connectivity index (χ0v) is 22.2. The van der Waals surface area contributed by atoms with Crippen molar-refractivity contribution in [3.63, 3.8) is 0 Å². The lowest BCUT2D eigenvalue weighted by Crippen LogP contribution is -2.56. The first-order valence-corrected chi connectivity index (χ1v) is 13.9. The predicted octanol–water partition coefficient (Wildman–Crippen LogP) is 3.03. The number of nitrogens with one attached hydrogen (secondary N) is 1. The summed E-state index contributed by atoms with van der Waals surface area (Å²) in [6, 6.07) is 7.75. The third kappa shape index (κ3) is 6.01. The number of amides is 1. The number of aromatic nitrogens is 4. The summed E-state index contributed by atoms with van der Waals surface area (Å²) >= 11 is 0. The number of benzene rings is 1. The molecule has 1 aromatic carbocycles. The summed E-state index contributed by atoms with van der Waals surface area (Å²) in [6.45, 7) is 3.04. The van der Waals surface area contributed by atoms with E-state index in [1.54, 1.807) is 34.1 Å². The van der Waals surface area contributed by atoms with E-state index in [9.17, 15) is 22.0 Å². The number of piperazine rings is 1. The first-order valence-electron chi connectivity index (χ1n) is 12.5. The van der Waals surface area contributed by atoms with Gasteiger partial charge in [0.15, 0.2) is 0 Å². The van der Waals surface area contributed by atoms with Gasteiger partial charge in [-0.15, -0.1) is 0 Å². The van der Waals surface area contributed by atoms with Crippen molar-refractivity contribution >= 4 is 33.5 Å². The lowest BCUT2D eigenvalue weighted by molar-refractivity contribution is -0.138. The van der Waals surface area contributed by atoms with E-state index in [-0.39, 0.29) is 29.3 Å². The highest BCUT2D eigenvalue weighted by Gasteiger charge is 2.64. The molecule has 39 heavy (non-hydrogen) atoms. The lowest BCUT2D eigenvalue weighted by Gasteiger charge is -2.41. The average Bonchev–Trinajstić information content (AvgIpc) is 3.18. The maximum Gasteiger partial charge on any atom is 0.294 e. The smallest absolute Gasteiger partial charge is 0.294 e. The Morgan fingerprint density at radius 3 is 2.31 bits per heavy atom. The van der Waals surface area contributed by atoms with E-state index in [2.05, 4.69) is 25.3 Å². The van der Waals surface area contributed by atoms with Crippen LogP contribution in [-0.2, 0) is 22.0 Å². The molecule has 2 saturated heterocycles. The number of rotatable bonds is 5. The molecule has 0 radical (unpaired) electrons. The maximum absolute atomic E-state index is 13.4. The number of halogens is 2. The number of carbonyl (C=O) groups excluding carboxylic acids is 1. The molecule has 1 amide bonds. The highest BCUT2D eigenvalue weighted by molar-refractivity contribution is 7.85. The van der Waals surface area contributed by atoms with E-state index >= 15 is 0 Å². The van der Waals surface area contributed by atoms with E-state index in [0.29, 0.717) is 19.0 Å².